The van der Waals surface area contributed by atoms with Crippen molar-refractivity contribution in [3.8, 4) is 5.75 Å². The molecular formula is C19H30O2. The number of methoxy groups -OCH3 is 1. The first-order valence-corrected chi connectivity index (χ1v) is 8.14. The highest BCUT2D eigenvalue weighted by Gasteiger charge is 2.36. The van der Waals surface area contributed by atoms with Crippen LogP contribution in [-0.2, 0) is 5.60 Å². The SMILES string of the molecule is COc1ccc(C2(O)CCCC(C(C)(C)C)CC2)c(C)c1. The Bertz CT molecular complexity index is 487. The first kappa shape index (κ1) is 16.4. The maximum Gasteiger partial charge on any atom is 0.119 e. The van der Waals surface area contributed by atoms with E-state index in [0.29, 0.717) is 11.3 Å². The summed E-state index contributed by atoms with van der Waals surface area (Å²) in [5.74, 6) is 1.56. The zero-order chi connectivity index (χ0) is 15.7. The summed E-state index contributed by atoms with van der Waals surface area (Å²) < 4.78 is 5.28. The van der Waals surface area contributed by atoms with Crippen LogP contribution in [0.25, 0.3) is 0 Å². The lowest BCUT2D eigenvalue weighted by molar-refractivity contribution is 0.0173. The van der Waals surface area contributed by atoms with Gasteiger partial charge in [0.1, 0.15) is 5.75 Å². The van der Waals surface area contributed by atoms with Crippen LogP contribution in [0.1, 0.15) is 64.0 Å². The predicted octanol–water partition coefficient (Wildman–Crippen LogP) is 4.82. The van der Waals surface area contributed by atoms with Crippen LogP contribution in [0.15, 0.2) is 18.2 Å². The fourth-order valence-electron chi connectivity index (χ4n) is 3.74. The molecule has 2 heteroatoms. The van der Waals surface area contributed by atoms with Gasteiger partial charge >= 0.3 is 0 Å². The highest BCUT2D eigenvalue weighted by molar-refractivity contribution is 5.38. The van der Waals surface area contributed by atoms with Crippen LogP contribution in [0.5, 0.6) is 5.75 Å². The van der Waals surface area contributed by atoms with Gasteiger partial charge in [0.15, 0.2) is 0 Å². The number of aryl methyl sites for hydroxylation is 1. The van der Waals surface area contributed by atoms with Gasteiger partial charge in [0.25, 0.3) is 0 Å². The lowest BCUT2D eigenvalue weighted by Gasteiger charge is -2.32. The maximum absolute atomic E-state index is 11.2. The topological polar surface area (TPSA) is 29.5 Å². The van der Waals surface area contributed by atoms with Crippen LogP contribution in [0, 0.1) is 18.3 Å². The summed E-state index contributed by atoms with van der Waals surface area (Å²) >= 11 is 0. The zero-order valence-electron chi connectivity index (χ0n) is 14.2. The minimum absolute atomic E-state index is 0.334. The third-order valence-corrected chi connectivity index (χ3v) is 5.21. The molecule has 21 heavy (non-hydrogen) atoms. The standard InChI is InChI=1S/C19H30O2/c1-14-13-16(21-5)8-9-17(14)19(20)11-6-7-15(10-12-19)18(2,3)4/h8-9,13,15,20H,6-7,10-12H2,1-5H3. The molecule has 1 N–H and O–H groups in total. The van der Waals surface area contributed by atoms with E-state index in [1.807, 2.05) is 18.2 Å². The molecule has 0 bridgehead atoms. The van der Waals surface area contributed by atoms with Crippen molar-refractivity contribution < 1.29 is 9.84 Å². The van der Waals surface area contributed by atoms with E-state index in [0.717, 1.165) is 42.6 Å². The van der Waals surface area contributed by atoms with E-state index in [1.165, 1.54) is 6.42 Å². The van der Waals surface area contributed by atoms with E-state index in [4.69, 9.17) is 4.74 Å². The molecule has 0 heterocycles. The third kappa shape index (κ3) is 3.60. The van der Waals surface area contributed by atoms with Gasteiger partial charge in [-0.3, -0.25) is 0 Å². The molecule has 1 fully saturated rings. The normalized spacial score (nSPS) is 27.2. The average Bonchev–Trinajstić information content (AvgIpc) is 2.60. The van der Waals surface area contributed by atoms with Gasteiger partial charge in [-0.05, 0) is 73.6 Å². The predicted molar refractivity (Wildman–Crippen MR) is 87.7 cm³/mol. The van der Waals surface area contributed by atoms with Crippen LogP contribution >= 0.6 is 0 Å². The van der Waals surface area contributed by atoms with Gasteiger partial charge < -0.3 is 9.84 Å². The second kappa shape index (κ2) is 6.00. The summed E-state index contributed by atoms with van der Waals surface area (Å²) in [4.78, 5) is 0. The summed E-state index contributed by atoms with van der Waals surface area (Å²) in [5, 5.41) is 11.2. The fraction of sp³-hybridized carbons (Fsp3) is 0.684. The first-order chi connectivity index (χ1) is 9.76. The molecular weight excluding hydrogens is 260 g/mol. The first-order valence-electron chi connectivity index (χ1n) is 8.14. The lowest BCUT2D eigenvalue weighted by Crippen LogP contribution is -2.26. The molecule has 1 aromatic rings. The van der Waals surface area contributed by atoms with E-state index >= 15 is 0 Å². The quantitative estimate of drug-likeness (QED) is 0.791. The monoisotopic (exact) mass is 290 g/mol. The Kier molecular flexibility index (Phi) is 4.67. The van der Waals surface area contributed by atoms with Crippen molar-refractivity contribution in [1.82, 2.24) is 0 Å². The van der Waals surface area contributed by atoms with Crippen LogP contribution in [0.2, 0.25) is 0 Å². The Morgan fingerprint density at radius 3 is 2.48 bits per heavy atom. The average molecular weight is 290 g/mol. The molecule has 1 saturated carbocycles. The molecule has 2 nitrogen and oxygen atoms in total. The summed E-state index contributed by atoms with van der Waals surface area (Å²) in [7, 11) is 1.68. The molecule has 0 spiro atoms. The number of ether oxygens (including phenoxy) is 1. The third-order valence-electron chi connectivity index (χ3n) is 5.21. The van der Waals surface area contributed by atoms with Crippen molar-refractivity contribution in [2.75, 3.05) is 7.11 Å². The smallest absolute Gasteiger partial charge is 0.119 e. The molecule has 1 aromatic carbocycles. The highest BCUT2D eigenvalue weighted by atomic mass is 16.5. The van der Waals surface area contributed by atoms with Crippen LogP contribution in [0.4, 0.5) is 0 Å². The summed E-state index contributed by atoms with van der Waals surface area (Å²) in [6.07, 6.45) is 5.16. The Morgan fingerprint density at radius 1 is 1.19 bits per heavy atom. The molecule has 0 saturated heterocycles. The number of benzene rings is 1. The Morgan fingerprint density at radius 2 is 1.90 bits per heavy atom. The lowest BCUT2D eigenvalue weighted by atomic mass is 9.76. The van der Waals surface area contributed by atoms with E-state index in [1.54, 1.807) is 7.11 Å². The van der Waals surface area contributed by atoms with Crippen molar-refractivity contribution >= 4 is 0 Å². The van der Waals surface area contributed by atoms with Crippen molar-refractivity contribution in [3.63, 3.8) is 0 Å². The summed E-state index contributed by atoms with van der Waals surface area (Å²) in [6.45, 7) is 9.03. The molecule has 0 aliphatic heterocycles. The van der Waals surface area contributed by atoms with Gasteiger partial charge in [-0.15, -0.1) is 0 Å². The summed E-state index contributed by atoms with van der Waals surface area (Å²) in [5.41, 5.74) is 1.88. The van der Waals surface area contributed by atoms with Crippen LogP contribution < -0.4 is 4.74 Å². The number of hydrogen-bond donors (Lipinski definition) is 1. The van der Waals surface area contributed by atoms with Crippen molar-refractivity contribution in [2.24, 2.45) is 11.3 Å². The molecule has 118 valence electrons. The Labute approximate surface area is 129 Å². The molecule has 2 rings (SSSR count). The second-order valence-electron chi connectivity index (χ2n) is 7.71. The molecule has 2 unspecified atom stereocenters. The minimum Gasteiger partial charge on any atom is -0.497 e. The Balaban J connectivity index is 2.23. The minimum atomic E-state index is -0.670. The van der Waals surface area contributed by atoms with E-state index in [9.17, 15) is 5.11 Å². The largest absolute Gasteiger partial charge is 0.497 e. The molecule has 0 aromatic heterocycles. The highest BCUT2D eigenvalue weighted by Crippen LogP contribution is 2.44. The van der Waals surface area contributed by atoms with Crippen LogP contribution in [0.3, 0.4) is 0 Å². The van der Waals surface area contributed by atoms with Gasteiger partial charge in [-0.25, -0.2) is 0 Å². The van der Waals surface area contributed by atoms with E-state index in [2.05, 4.69) is 27.7 Å². The number of hydrogen-bond acceptors (Lipinski definition) is 2. The molecule has 0 radical (unpaired) electrons. The molecule has 1 aliphatic carbocycles. The van der Waals surface area contributed by atoms with Crippen molar-refractivity contribution in [2.45, 2.75) is 65.4 Å². The van der Waals surface area contributed by atoms with Gasteiger partial charge in [0, 0.05) is 0 Å². The second-order valence-corrected chi connectivity index (χ2v) is 7.71. The van der Waals surface area contributed by atoms with Crippen molar-refractivity contribution in [3.05, 3.63) is 29.3 Å². The van der Waals surface area contributed by atoms with Gasteiger partial charge in [0.2, 0.25) is 0 Å². The maximum atomic E-state index is 11.2. The van der Waals surface area contributed by atoms with Gasteiger partial charge in [-0.1, -0.05) is 26.8 Å². The molecule has 1 aliphatic rings. The van der Waals surface area contributed by atoms with Gasteiger partial charge in [0.05, 0.1) is 12.7 Å². The Hall–Kier alpha value is -1.02. The van der Waals surface area contributed by atoms with Gasteiger partial charge in [-0.2, -0.15) is 0 Å². The van der Waals surface area contributed by atoms with E-state index in [-0.39, 0.29) is 0 Å². The molecule has 2 atom stereocenters. The fourth-order valence-corrected chi connectivity index (χ4v) is 3.74. The van der Waals surface area contributed by atoms with E-state index < -0.39 is 5.60 Å². The number of aliphatic hydroxyl groups is 1. The molecule has 0 amide bonds. The van der Waals surface area contributed by atoms with Crippen molar-refractivity contribution in [1.29, 1.82) is 0 Å². The summed E-state index contributed by atoms with van der Waals surface area (Å²) in [6, 6.07) is 6.04. The zero-order valence-corrected chi connectivity index (χ0v) is 14.2. The number of rotatable bonds is 2. The van der Waals surface area contributed by atoms with Crippen LogP contribution in [-0.4, -0.2) is 12.2 Å².